The number of rotatable bonds is 9. The van der Waals surface area contributed by atoms with Crippen LogP contribution in [0.15, 0.2) is 12.2 Å². The molecule has 7 nitrogen and oxygen atoms in total. The third-order valence-corrected chi connectivity index (χ3v) is 15.7. The number of carboxylic acids is 1. The first-order valence-electron chi connectivity index (χ1n) is 18.5. The molecule has 0 aromatic heterocycles. The van der Waals surface area contributed by atoms with E-state index in [-0.39, 0.29) is 45.5 Å². The number of fused-ring (bicyclic) bond motifs is 7. The number of carbonyl (C=O) groups is 3. The molecule has 0 saturated heterocycles. The molecule has 262 valence electrons. The highest BCUT2D eigenvalue weighted by molar-refractivity contribution is 5.81. The Morgan fingerprint density at radius 2 is 1.64 bits per heavy atom. The second kappa shape index (κ2) is 12.2. The Bertz CT molecular complexity index is 1330. The van der Waals surface area contributed by atoms with E-state index in [4.69, 9.17) is 10.00 Å². The maximum Gasteiger partial charge on any atom is 0.309 e. The lowest BCUT2D eigenvalue weighted by Crippen LogP contribution is -2.67. The van der Waals surface area contributed by atoms with Crippen molar-refractivity contribution in [2.45, 2.75) is 145 Å². The molecule has 7 heteroatoms. The van der Waals surface area contributed by atoms with Gasteiger partial charge in [0.15, 0.2) is 0 Å². The van der Waals surface area contributed by atoms with E-state index in [0.717, 1.165) is 51.4 Å². The van der Waals surface area contributed by atoms with E-state index in [1.807, 2.05) is 0 Å². The Labute approximate surface area is 284 Å². The fraction of sp³-hybridized carbons (Fsp3) is 0.850. The molecule has 10 atom stereocenters. The van der Waals surface area contributed by atoms with Crippen LogP contribution in [0.4, 0.5) is 0 Å². The fourth-order valence-electron chi connectivity index (χ4n) is 13.1. The molecular formula is C40H62N2O5. The predicted octanol–water partition coefficient (Wildman–Crippen LogP) is 8.48. The maximum absolute atomic E-state index is 13.3. The first kappa shape index (κ1) is 35.9. The number of allylic oxidation sites excluding steroid dienone is 1. The first-order valence-corrected chi connectivity index (χ1v) is 18.5. The molecule has 5 aliphatic rings. The Kier molecular flexibility index (Phi) is 9.33. The van der Waals surface area contributed by atoms with Gasteiger partial charge in [-0.3, -0.25) is 14.4 Å². The number of nitriles is 1. The van der Waals surface area contributed by atoms with Crippen molar-refractivity contribution < 1.29 is 24.2 Å². The highest BCUT2D eigenvalue weighted by Crippen LogP contribution is 2.78. The summed E-state index contributed by atoms with van der Waals surface area (Å²) in [4.78, 5) is 38.0. The van der Waals surface area contributed by atoms with Crippen LogP contribution in [0.5, 0.6) is 0 Å². The van der Waals surface area contributed by atoms with Crippen molar-refractivity contribution in [1.29, 1.82) is 5.26 Å². The average molecular weight is 651 g/mol. The fourth-order valence-corrected chi connectivity index (χ4v) is 13.1. The molecule has 2 N–H and O–H groups in total. The monoisotopic (exact) mass is 650 g/mol. The van der Waals surface area contributed by atoms with Gasteiger partial charge in [0.05, 0.1) is 24.3 Å². The molecule has 5 aliphatic carbocycles. The SMILES string of the molecule is C=C(C)[C@@H]1CC[C@]2(CC(=O)NCCC#N)CC[C@]3(C)[C@H](CC[C@@H]4[C@@]5(C)CC[C@H](OC(=O)CC(C)(C)C(=O)O)C(C)(C)[C@@H]5CC[C@]43C)[C@@H]12. The molecule has 5 rings (SSSR count). The summed E-state index contributed by atoms with van der Waals surface area (Å²) in [6.07, 6.45) is 11.5. The van der Waals surface area contributed by atoms with Crippen molar-refractivity contribution in [3.8, 4) is 6.07 Å². The zero-order chi connectivity index (χ0) is 34.8. The lowest BCUT2D eigenvalue weighted by molar-refractivity contribution is -0.250. The average Bonchev–Trinajstić information content (AvgIpc) is 3.34. The topological polar surface area (TPSA) is 116 Å². The second-order valence-electron chi connectivity index (χ2n) is 18.7. The smallest absolute Gasteiger partial charge is 0.309 e. The molecule has 47 heavy (non-hydrogen) atoms. The largest absolute Gasteiger partial charge is 0.481 e. The normalized spacial score (nSPS) is 42.0. The van der Waals surface area contributed by atoms with Crippen LogP contribution in [0.25, 0.3) is 0 Å². The van der Waals surface area contributed by atoms with Gasteiger partial charge >= 0.3 is 11.9 Å². The Hall–Kier alpha value is -2.36. The number of hydrogen-bond donors (Lipinski definition) is 2. The van der Waals surface area contributed by atoms with E-state index in [9.17, 15) is 19.5 Å². The minimum Gasteiger partial charge on any atom is -0.481 e. The number of ether oxygens (including phenoxy) is 1. The number of nitrogens with one attached hydrogen (secondary N) is 1. The Morgan fingerprint density at radius 1 is 0.936 bits per heavy atom. The standard InChI is InChI=1S/C40H62N2O5/c1-25(2)26-13-18-40(23-31(43)42-22-10-21-41)20-19-38(8)27(33(26)40)11-12-29-37(7)16-15-30(47-32(44)24-35(3,4)34(45)46)36(5,6)28(37)14-17-39(29,38)9/h26-30,33H,1,10-20,22-24H2,2-9H3,(H,42,43)(H,45,46)/t26-,27+,28-,29+,30-,33+,37-,38+,39+,40+/m0/s1. The first-order chi connectivity index (χ1) is 21.8. The van der Waals surface area contributed by atoms with Crippen LogP contribution >= 0.6 is 0 Å². The molecule has 0 spiro atoms. The summed E-state index contributed by atoms with van der Waals surface area (Å²) in [5, 5.41) is 21.6. The summed E-state index contributed by atoms with van der Waals surface area (Å²) in [6.45, 7) is 22.6. The Balaban J connectivity index is 1.40. The molecule has 5 saturated carbocycles. The molecule has 0 heterocycles. The second-order valence-corrected chi connectivity index (χ2v) is 18.7. The van der Waals surface area contributed by atoms with Crippen molar-refractivity contribution in [1.82, 2.24) is 5.32 Å². The van der Waals surface area contributed by atoms with Gasteiger partial charge in [-0.25, -0.2) is 0 Å². The van der Waals surface area contributed by atoms with Crippen LogP contribution in [-0.2, 0) is 19.1 Å². The lowest BCUT2D eigenvalue weighted by atomic mass is 9.32. The van der Waals surface area contributed by atoms with Gasteiger partial charge in [0.2, 0.25) is 5.91 Å². The van der Waals surface area contributed by atoms with Crippen LogP contribution in [0.3, 0.4) is 0 Å². The lowest BCUT2D eigenvalue weighted by Gasteiger charge is -2.73. The van der Waals surface area contributed by atoms with Gasteiger partial charge in [-0.1, -0.05) is 46.8 Å². The van der Waals surface area contributed by atoms with E-state index < -0.39 is 17.4 Å². The molecule has 0 aromatic carbocycles. The number of hydrogen-bond acceptors (Lipinski definition) is 5. The zero-order valence-electron chi connectivity index (χ0n) is 30.6. The van der Waals surface area contributed by atoms with Crippen LogP contribution in [-0.4, -0.2) is 35.6 Å². The number of carboxylic acid groups (broad SMARTS) is 1. The van der Waals surface area contributed by atoms with Crippen LogP contribution in [0.1, 0.15) is 139 Å². The van der Waals surface area contributed by atoms with E-state index in [0.29, 0.717) is 49.0 Å². The van der Waals surface area contributed by atoms with Crippen LogP contribution in [0, 0.1) is 73.4 Å². The van der Waals surface area contributed by atoms with E-state index in [1.54, 1.807) is 13.8 Å². The number of carbonyl (C=O) groups excluding carboxylic acids is 2. The molecular weight excluding hydrogens is 588 g/mol. The molecule has 0 aliphatic heterocycles. The molecule has 1 amide bonds. The van der Waals surface area contributed by atoms with Gasteiger partial charge in [0.25, 0.3) is 0 Å². The van der Waals surface area contributed by atoms with Gasteiger partial charge < -0.3 is 15.2 Å². The summed E-state index contributed by atoms with van der Waals surface area (Å²) in [5.41, 5.74) is 0.410. The van der Waals surface area contributed by atoms with E-state index in [2.05, 4.69) is 59.5 Å². The zero-order valence-corrected chi connectivity index (χ0v) is 30.6. The molecule has 0 aromatic rings. The van der Waals surface area contributed by atoms with Gasteiger partial charge in [0, 0.05) is 18.4 Å². The molecule has 0 bridgehead atoms. The van der Waals surface area contributed by atoms with Crippen molar-refractivity contribution in [3.05, 3.63) is 12.2 Å². The summed E-state index contributed by atoms with van der Waals surface area (Å²) in [5.74, 6) is 1.18. The highest BCUT2D eigenvalue weighted by atomic mass is 16.5. The quantitative estimate of drug-likeness (QED) is 0.147. The third kappa shape index (κ3) is 5.66. The van der Waals surface area contributed by atoms with Crippen LogP contribution < -0.4 is 5.32 Å². The summed E-state index contributed by atoms with van der Waals surface area (Å²) in [7, 11) is 0. The predicted molar refractivity (Wildman–Crippen MR) is 183 cm³/mol. The molecule has 5 fully saturated rings. The third-order valence-electron chi connectivity index (χ3n) is 15.7. The summed E-state index contributed by atoms with van der Waals surface area (Å²) >= 11 is 0. The van der Waals surface area contributed by atoms with E-state index in [1.165, 1.54) is 18.4 Å². The number of esters is 1. The van der Waals surface area contributed by atoms with Crippen molar-refractivity contribution >= 4 is 17.8 Å². The molecule has 0 unspecified atom stereocenters. The van der Waals surface area contributed by atoms with Crippen LogP contribution in [0.2, 0.25) is 0 Å². The minimum atomic E-state index is -1.15. The maximum atomic E-state index is 13.3. The van der Waals surface area contributed by atoms with Gasteiger partial charge in [-0.15, -0.1) is 0 Å². The number of aliphatic carboxylic acids is 1. The highest BCUT2D eigenvalue weighted by Gasteiger charge is 2.71. The van der Waals surface area contributed by atoms with Gasteiger partial charge in [-0.2, -0.15) is 5.26 Å². The van der Waals surface area contributed by atoms with Gasteiger partial charge in [0.1, 0.15) is 6.10 Å². The van der Waals surface area contributed by atoms with Crippen molar-refractivity contribution in [3.63, 3.8) is 0 Å². The molecule has 0 radical (unpaired) electrons. The number of nitrogens with zero attached hydrogens (tertiary/aromatic N) is 1. The summed E-state index contributed by atoms with van der Waals surface area (Å²) in [6, 6.07) is 2.15. The Morgan fingerprint density at radius 3 is 2.28 bits per heavy atom. The number of amides is 1. The van der Waals surface area contributed by atoms with Crippen molar-refractivity contribution in [2.75, 3.05) is 6.54 Å². The van der Waals surface area contributed by atoms with Gasteiger partial charge in [-0.05, 0) is 136 Å². The summed E-state index contributed by atoms with van der Waals surface area (Å²) < 4.78 is 6.15. The van der Waals surface area contributed by atoms with E-state index >= 15 is 0 Å². The van der Waals surface area contributed by atoms with Crippen molar-refractivity contribution in [2.24, 2.45) is 62.1 Å². The minimum absolute atomic E-state index is 0.00789.